The Labute approximate surface area is 76.5 Å². The Morgan fingerprint density at radius 3 is 2.33 bits per heavy atom. The summed E-state index contributed by atoms with van der Waals surface area (Å²) in [5.74, 6) is 2.93. The lowest BCUT2D eigenvalue weighted by Crippen LogP contribution is -2.04. The number of hydrogen-bond acceptors (Lipinski definition) is 1. The van der Waals surface area contributed by atoms with Crippen molar-refractivity contribution in [2.24, 2.45) is 17.8 Å². The minimum atomic E-state index is 0.402. The molecule has 72 valence electrons. The fourth-order valence-corrected chi connectivity index (χ4v) is 2.23. The molecule has 3 atom stereocenters. The molecule has 1 heteroatoms. The largest absolute Gasteiger partial charge is 0.379 e. The lowest BCUT2D eigenvalue weighted by Gasteiger charge is -2.06. The van der Waals surface area contributed by atoms with Crippen LogP contribution in [0.3, 0.4) is 0 Å². The third kappa shape index (κ3) is 2.48. The molecule has 0 amide bonds. The number of hydrogen-bond donors (Lipinski definition) is 0. The first-order valence-electron chi connectivity index (χ1n) is 5.28. The van der Waals surface area contributed by atoms with E-state index in [0.29, 0.717) is 6.10 Å². The molecule has 0 aromatic carbocycles. The van der Waals surface area contributed by atoms with Crippen LogP contribution in [0.2, 0.25) is 0 Å². The molecule has 0 radical (unpaired) electrons. The van der Waals surface area contributed by atoms with Crippen LogP contribution in [0.5, 0.6) is 0 Å². The molecule has 1 aliphatic rings. The van der Waals surface area contributed by atoms with Gasteiger partial charge in [-0.05, 0) is 38.0 Å². The van der Waals surface area contributed by atoms with Gasteiger partial charge in [-0.25, -0.2) is 0 Å². The maximum atomic E-state index is 5.53. The molecule has 0 heterocycles. The third-order valence-corrected chi connectivity index (χ3v) is 3.13. The van der Waals surface area contributed by atoms with Gasteiger partial charge in [-0.15, -0.1) is 0 Å². The van der Waals surface area contributed by atoms with Crippen molar-refractivity contribution in [1.29, 1.82) is 0 Å². The maximum Gasteiger partial charge on any atom is 0.0518 e. The van der Waals surface area contributed by atoms with Gasteiger partial charge in [0.25, 0.3) is 0 Å². The van der Waals surface area contributed by atoms with E-state index < -0.39 is 0 Å². The van der Waals surface area contributed by atoms with Gasteiger partial charge >= 0.3 is 0 Å². The van der Waals surface area contributed by atoms with Crippen molar-refractivity contribution < 1.29 is 4.74 Å². The minimum absolute atomic E-state index is 0.402. The van der Waals surface area contributed by atoms with Gasteiger partial charge in [-0.1, -0.05) is 20.3 Å². The van der Waals surface area contributed by atoms with Crippen molar-refractivity contribution in [3.8, 4) is 0 Å². The van der Waals surface area contributed by atoms with E-state index in [-0.39, 0.29) is 0 Å². The molecule has 1 aliphatic carbocycles. The normalized spacial score (nSPS) is 34.2. The molecule has 0 aromatic rings. The molecule has 0 saturated heterocycles. The van der Waals surface area contributed by atoms with Gasteiger partial charge in [0, 0.05) is 6.61 Å². The topological polar surface area (TPSA) is 9.23 Å². The van der Waals surface area contributed by atoms with Gasteiger partial charge < -0.3 is 4.74 Å². The predicted octanol–water partition coefficient (Wildman–Crippen LogP) is 3.09. The van der Waals surface area contributed by atoms with E-state index in [1.807, 2.05) is 0 Å². The smallest absolute Gasteiger partial charge is 0.0518 e. The Morgan fingerprint density at radius 1 is 1.25 bits per heavy atom. The van der Waals surface area contributed by atoms with Crippen LogP contribution in [0.15, 0.2) is 0 Å². The zero-order chi connectivity index (χ0) is 9.14. The van der Waals surface area contributed by atoms with Gasteiger partial charge in [0.2, 0.25) is 0 Å². The van der Waals surface area contributed by atoms with E-state index in [1.54, 1.807) is 0 Å². The van der Waals surface area contributed by atoms with E-state index in [2.05, 4.69) is 27.7 Å². The third-order valence-electron chi connectivity index (χ3n) is 3.13. The highest BCUT2D eigenvalue weighted by molar-refractivity contribution is 4.92. The zero-order valence-corrected chi connectivity index (χ0v) is 8.84. The van der Waals surface area contributed by atoms with Crippen LogP contribution in [0.4, 0.5) is 0 Å². The Morgan fingerprint density at radius 2 is 1.92 bits per heavy atom. The summed E-state index contributed by atoms with van der Waals surface area (Å²) in [7, 11) is 0. The Balaban J connectivity index is 2.02. The lowest BCUT2D eigenvalue weighted by atomic mass is 10.2. The van der Waals surface area contributed by atoms with Crippen LogP contribution in [-0.2, 0) is 4.74 Å². The second-order valence-corrected chi connectivity index (χ2v) is 4.30. The van der Waals surface area contributed by atoms with Gasteiger partial charge in [-0.2, -0.15) is 0 Å². The monoisotopic (exact) mass is 170 g/mol. The molecule has 1 fully saturated rings. The van der Waals surface area contributed by atoms with Crippen molar-refractivity contribution in [3.05, 3.63) is 0 Å². The van der Waals surface area contributed by atoms with Crippen molar-refractivity contribution in [2.45, 2.75) is 46.6 Å². The molecule has 3 unspecified atom stereocenters. The highest BCUT2D eigenvalue weighted by Crippen LogP contribution is 2.50. The second-order valence-electron chi connectivity index (χ2n) is 4.30. The van der Waals surface area contributed by atoms with Crippen LogP contribution in [0.25, 0.3) is 0 Å². The molecule has 0 bridgehead atoms. The average molecular weight is 170 g/mol. The van der Waals surface area contributed by atoms with Gasteiger partial charge in [-0.3, -0.25) is 0 Å². The molecular weight excluding hydrogens is 148 g/mol. The summed E-state index contributed by atoms with van der Waals surface area (Å²) in [5.41, 5.74) is 0. The Hall–Kier alpha value is -0.0400. The first kappa shape index (κ1) is 10.0. The fraction of sp³-hybridized carbons (Fsp3) is 1.00. The van der Waals surface area contributed by atoms with E-state index in [0.717, 1.165) is 24.4 Å². The Bertz CT molecular complexity index is 131. The van der Waals surface area contributed by atoms with E-state index >= 15 is 0 Å². The summed E-state index contributed by atoms with van der Waals surface area (Å²) in [6, 6.07) is 0. The standard InChI is InChI=1S/C11H22O/c1-5-10-9(4)11(10)6-7-12-8(2)3/h8-11H,5-7H2,1-4H3. The van der Waals surface area contributed by atoms with E-state index in [1.165, 1.54) is 12.8 Å². The van der Waals surface area contributed by atoms with Gasteiger partial charge in [0.15, 0.2) is 0 Å². The van der Waals surface area contributed by atoms with Gasteiger partial charge in [0.05, 0.1) is 6.10 Å². The zero-order valence-electron chi connectivity index (χ0n) is 8.84. The molecule has 1 rings (SSSR count). The quantitative estimate of drug-likeness (QED) is 0.616. The average Bonchev–Trinajstić information content (AvgIpc) is 2.60. The molecule has 1 nitrogen and oxygen atoms in total. The van der Waals surface area contributed by atoms with E-state index in [9.17, 15) is 0 Å². The molecule has 0 aromatic heterocycles. The molecular formula is C11H22O. The summed E-state index contributed by atoms with van der Waals surface area (Å²) in [6.45, 7) is 9.84. The first-order chi connectivity index (χ1) is 5.66. The predicted molar refractivity (Wildman–Crippen MR) is 52.1 cm³/mol. The van der Waals surface area contributed by atoms with Crippen LogP contribution in [0, 0.1) is 17.8 Å². The van der Waals surface area contributed by atoms with Crippen molar-refractivity contribution in [1.82, 2.24) is 0 Å². The highest BCUT2D eigenvalue weighted by atomic mass is 16.5. The highest BCUT2D eigenvalue weighted by Gasteiger charge is 2.43. The van der Waals surface area contributed by atoms with Crippen molar-refractivity contribution in [3.63, 3.8) is 0 Å². The SMILES string of the molecule is CCC1C(C)C1CCOC(C)C. The fourth-order valence-electron chi connectivity index (χ4n) is 2.23. The molecule has 0 spiro atoms. The van der Waals surface area contributed by atoms with Crippen LogP contribution in [0.1, 0.15) is 40.5 Å². The molecule has 1 saturated carbocycles. The van der Waals surface area contributed by atoms with Crippen LogP contribution < -0.4 is 0 Å². The number of rotatable bonds is 5. The second kappa shape index (κ2) is 4.27. The molecule has 0 aliphatic heterocycles. The maximum absolute atomic E-state index is 5.53. The van der Waals surface area contributed by atoms with Crippen molar-refractivity contribution in [2.75, 3.05) is 6.61 Å². The Kier molecular flexibility index (Phi) is 3.57. The first-order valence-corrected chi connectivity index (χ1v) is 5.28. The van der Waals surface area contributed by atoms with Crippen LogP contribution in [-0.4, -0.2) is 12.7 Å². The summed E-state index contributed by atoms with van der Waals surface area (Å²) in [4.78, 5) is 0. The van der Waals surface area contributed by atoms with Crippen LogP contribution >= 0.6 is 0 Å². The lowest BCUT2D eigenvalue weighted by molar-refractivity contribution is 0.0730. The van der Waals surface area contributed by atoms with E-state index in [4.69, 9.17) is 4.74 Å². The summed E-state index contributed by atoms with van der Waals surface area (Å²) >= 11 is 0. The van der Waals surface area contributed by atoms with Gasteiger partial charge in [0.1, 0.15) is 0 Å². The van der Waals surface area contributed by atoms with Crippen molar-refractivity contribution >= 4 is 0 Å². The minimum Gasteiger partial charge on any atom is -0.379 e. The number of ether oxygens (including phenoxy) is 1. The molecule has 12 heavy (non-hydrogen) atoms. The summed E-state index contributed by atoms with van der Waals surface area (Å²) in [6.07, 6.45) is 3.03. The summed E-state index contributed by atoms with van der Waals surface area (Å²) in [5, 5.41) is 0. The molecule has 0 N–H and O–H groups in total. The summed E-state index contributed by atoms with van der Waals surface area (Å²) < 4.78 is 5.53.